The molecule has 5 nitrogen and oxygen atoms in total. The first kappa shape index (κ1) is 16.2. The van der Waals surface area contributed by atoms with E-state index in [0.717, 1.165) is 10.9 Å². The largest absolute Gasteiger partial charge is 0.480 e. The second-order valence-electron chi connectivity index (χ2n) is 5.47. The van der Waals surface area contributed by atoms with E-state index in [-0.39, 0.29) is 24.6 Å². The fourth-order valence-corrected chi connectivity index (χ4v) is 3.24. The van der Waals surface area contributed by atoms with Gasteiger partial charge >= 0.3 is 5.97 Å². The molecular weight excluding hydrogens is 331 g/mol. The van der Waals surface area contributed by atoms with Crippen molar-refractivity contribution < 1.29 is 19.1 Å². The van der Waals surface area contributed by atoms with Crippen molar-refractivity contribution in [2.75, 3.05) is 0 Å². The fourth-order valence-electron chi connectivity index (χ4n) is 2.57. The van der Waals surface area contributed by atoms with Crippen molar-refractivity contribution in [3.63, 3.8) is 0 Å². The summed E-state index contributed by atoms with van der Waals surface area (Å²) in [6, 6.07) is 5.06. The highest BCUT2D eigenvalue weighted by atomic mass is 32.1. The third kappa shape index (κ3) is 3.62. The van der Waals surface area contributed by atoms with Crippen LogP contribution in [-0.2, 0) is 22.4 Å². The van der Waals surface area contributed by atoms with Crippen LogP contribution in [0.5, 0.6) is 0 Å². The van der Waals surface area contributed by atoms with Gasteiger partial charge in [0.15, 0.2) is 0 Å². The molecule has 3 rings (SSSR count). The van der Waals surface area contributed by atoms with Gasteiger partial charge in [-0.15, -0.1) is 0 Å². The molecule has 0 fully saturated rings. The molecule has 2 heterocycles. The number of aromatic nitrogens is 1. The number of thiophene rings is 1. The van der Waals surface area contributed by atoms with Gasteiger partial charge in [0.2, 0.25) is 5.91 Å². The zero-order chi connectivity index (χ0) is 17.1. The molecule has 124 valence electrons. The van der Waals surface area contributed by atoms with Crippen LogP contribution in [0.4, 0.5) is 4.39 Å². The van der Waals surface area contributed by atoms with Gasteiger partial charge in [-0.1, -0.05) is 0 Å². The molecule has 0 aliphatic heterocycles. The highest BCUT2D eigenvalue weighted by Gasteiger charge is 2.22. The number of nitrogens with one attached hydrogen (secondary N) is 2. The SMILES string of the molecule is O=C(Cc1ccsc1)N[C@H](Cc1c[nH]c2cc(F)ccc12)C(=O)O. The standard InChI is InChI=1S/C17H15FN2O3S/c18-12-1-2-13-11(8-19-14(13)7-12)6-15(17(22)23)20-16(21)5-10-3-4-24-9-10/h1-4,7-9,15,19H,5-6H2,(H,20,21)(H,22,23)/t15-/m1/s1. The van der Waals surface area contributed by atoms with Crippen molar-refractivity contribution in [2.45, 2.75) is 18.9 Å². The van der Waals surface area contributed by atoms with Crippen molar-refractivity contribution in [3.8, 4) is 0 Å². The van der Waals surface area contributed by atoms with Gasteiger partial charge in [0.05, 0.1) is 6.42 Å². The summed E-state index contributed by atoms with van der Waals surface area (Å²) in [5.41, 5.74) is 2.16. The topological polar surface area (TPSA) is 82.2 Å². The third-order valence-electron chi connectivity index (χ3n) is 3.73. The van der Waals surface area contributed by atoms with E-state index in [1.54, 1.807) is 12.3 Å². The molecule has 1 aromatic carbocycles. The molecule has 1 atom stereocenters. The van der Waals surface area contributed by atoms with E-state index < -0.39 is 12.0 Å². The lowest BCUT2D eigenvalue weighted by Crippen LogP contribution is -2.42. The molecular formula is C17H15FN2O3S. The van der Waals surface area contributed by atoms with E-state index in [2.05, 4.69) is 10.3 Å². The molecule has 3 aromatic rings. The van der Waals surface area contributed by atoms with E-state index in [4.69, 9.17) is 0 Å². The molecule has 1 amide bonds. The Balaban J connectivity index is 1.73. The number of aromatic amines is 1. The molecule has 0 spiro atoms. The molecule has 0 radical (unpaired) electrons. The average Bonchev–Trinajstić information content (AvgIpc) is 3.16. The number of carbonyl (C=O) groups is 2. The number of hydrogen-bond donors (Lipinski definition) is 3. The number of fused-ring (bicyclic) bond motifs is 1. The molecule has 0 unspecified atom stereocenters. The predicted molar refractivity (Wildman–Crippen MR) is 89.6 cm³/mol. The van der Waals surface area contributed by atoms with Crippen LogP contribution in [0.3, 0.4) is 0 Å². The molecule has 0 saturated heterocycles. The Morgan fingerprint density at radius 3 is 2.88 bits per heavy atom. The maximum absolute atomic E-state index is 13.2. The van der Waals surface area contributed by atoms with Gasteiger partial charge in [-0.2, -0.15) is 11.3 Å². The molecule has 0 aliphatic carbocycles. The van der Waals surface area contributed by atoms with Crippen LogP contribution in [0, 0.1) is 5.82 Å². The minimum absolute atomic E-state index is 0.121. The first-order valence-electron chi connectivity index (χ1n) is 7.31. The zero-order valence-corrected chi connectivity index (χ0v) is 13.4. The molecule has 0 saturated carbocycles. The minimum Gasteiger partial charge on any atom is -0.480 e. The number of amides is 1. The first-order valence-corrected chi connectivity index (χ1v) is 8.26. The number of benzene rings is 1. The molecule has 3 N–H and O–H groups in total. The maximum atomic E-state index is 13.2. The van der Waals surface area contributed by atoms with Crippen LogP contribution in [0.1, 0.15) is 11.1 Å². The van der Waals surface area contributed by atoms with Gasteiger partial charge in [0, 0.05) is 23.5 Å². The number of hydrogen-bond acceptors (Lipinski definition) is 3. The fraction of sp³-hybridized carbons (Fsp3) is 0.176. The molecule has 24 heavy (non-hydrogen) atoms. The van der Waals surface area contributed by atoms with Gasteiger partial charge in [0.25, 0.3) is 0 Å². The quantitative estimate of drug-likeness (QED) is 0.642. The normalized spacial score (nSPS) is 12.2. The summed E-state index contributed by atoms with van der Waals surface area (Å²) in [6.45, 7) is 0. The monoisotopic (exact) mass is 346 g/mol. The summed E-state index contributed by atoms with van der Waals surface area (Å²) in [5, 5.41) is 16.4. The Morgan fingerprint density at radius 1 is 1.33 bits per heavy atom. The van der Waals surface area contributed by atoms with Crippen LogP contribution in [0.2, 0.25) is 0 Å². The van der Waals surface area contributed by atoms with Crippen molar-refractivity contribution in [1.82, 2.24) is 10.3 Å². The van der Waals surface area contributed by atoms with E-state index in [9.17, 15) is 19.1 Å². The van der Waals surface area contributed by atoms with Gasteiger partial charge in [-0.3, -0.25) is 4.79 Å². The summed E-state index contributed by atoms with van der Waals surface area (Å²) < 4.78 is 13.2. The Hall–Kier alpha value is -2.67. The third-order valence-corrected chi connectivity index (χ3v) is 4.46. The number of rotatable bonds is 6. The Bertz CT molecular complexity index is 873. The van der Waals surface area contributed by atoms with E-state index in [0.29, 0.717) is 11.1 Å². The molecule has 2 aromatic heterocycles. The first-order chi connectivity index (χ1) is 11.5. The highest BCUT2D eigenvalue weighted by Crippen LogP contribution is 2.20. The van der Waals surface area contributed by atoms with Crippen molar-refractivity contribution >= 4 is 34.1 Å². The zero-order valence-electron chi connectivity index (χ0n) is 12.6. The van der Waals surface area contributed by atoms with Crippen LogP contribution in [0.25, 0.3) is 10.9 Å². The number of carboxylic acids is 1. The lowest BCUT2D eigenvalue weighted by molar-refractivity contribution is -0.141. The number of aliphatic carboxylic acids is 1. The summed E-state index contributed by atoms with van der Waals surface area (Å²) in [6.07, 6.45) is 1.91. The molecule has 0 bridgehead atoms. The van der Waals surface area contributed by atoms with Gasteiger partial charge in [-0.05, 0) is 46.2 Å². The van der Waals surface area contributed by atoms with Crippen LogP contribution < -0.4 is 5.32 Å². The van der Waals surface area contributed by atoms with Gasteiger partial charge in [-0.25, -0.2) is 9.18 Å². The lowest BCUT2D eigenvalue weighted by atomic mass is 10.0. The lowest BCUT2D eigenvalue weighted by Gasteiger charge is -2.14. The van der Waals surface area contributed by atoms with Crippen molar-refractivity contribution in [3.05, 3.63) is 58.2 Å². The second-order valence-corrected chi connectivity index (χ2v) is 6.25. The smallest absolute Gasteiger partial charge is 0.326 e. The van der Waals surface area contributed by atoms with Crippen molar-refractivity contribution in [1.29, 1.82) is 0 Å². The average molecular weight is 346 g/mol. The molecule has 0 aliphatic rings. The van der Waals surface area contributed by atoms with E-state index in [1.807, 2.05) is 16.8 Å². The van der Waals surface area contributed by atoms with Crippen LogP contribution in [-0.4, -0.2) is 28.0 Å². The Labute approximate surface area is 141 Å². The Morgan fingerprint density at radius 2 is 2.17 bits per heavy atom. The van der Waals surface area contributed by atoms with Crippen LogP contribution >= 0.6 is 11.3 Å². The number of carboxylic acid groups (broad SMARTS) is 1. The number of carbonyl (C=O) groups excluding carboxylic acids is 1. The van der Waals surface area contributed by atoms with Gasteiger partial charge in [0.1, 0.15) is 11.9 Å². The summed E-state index contributed by atoms with van der Waals surface area (Å²) in [4.78, 5) is 26.4. The second kappa shape index (κ2) is 6.84. The number of H-pyrrole nitrogens is 1. The van der Waals surface area contributed by atoms with Crippen LogP contribution in [0.15, 0.2) is 41.2 Å². The minimum atomic E-state index is -1.11. The predicted octanol–water partition coefficient (Wildman–Crippen LogP) is 2.72. The summed E-state index contributed by atoms with van der Waals surface area (Å²) >= 11 is 1.48. The number of halogens is 1. The Kier molecular flexibility index (Phi) is 4.61. The summed E-state index contributed by atoms with van der Waals surface area (Å²) in [5.74, 6) is -1.81. The maximum Gasteiger partial charge on any atom is 0.326 e. The molecule has 7 heteroatoms. The highest BCUT2D eigenvalue weighted by molar-refractivity contribution is 7.08. The summed E-state index contributed by atoms with van der Waals surface area (Å²) in [7, 11) is 0. The van der Waals surface area contributed by atoms with Crippen molar-refractivity contribution in [2.24, 2.45) is 0 Å². The van der Waals surface area contributed by atoms with Gasteiger partial charge < -0.3 is 15.4 Å². The van der Waals surface area contributed by atoms with E-state index in [1.165, 1.54) is 23.5 Å². The van der Waals surface area contributed by atoms with E-state index >= 15 is 0 Å².